The summed E-state index contributed by atoms with van der Waals surface area (Å²) < 4.78 is 34.0. The zero-order valence-electron chi connectivity index (χ0n) is 19.4. The molecule has 6 heteroatoms. The molecule has 0 radical (unpaired) electrons. The van der Waals surface area contributed by atoms with Crippen molar-refractivity contribution in [2.45, 2.75) is 27.7 Å². The fraction of sp³-hybridized carbons (Fsp3) is 0.308. The zero-order valence-corrected chi connectivity index (χ0v) is 20.1. The molecule has 3 rings (SSSR count). The van der Waals surface area contributed by atoms with Gasteiger partial charge < -0.3 is 4.90 Å². The van der Waals surface area contributed by atoms with E-state index in [2.05, 4.69) is 113 Å². The smallest absolute Gasteiger partial charge is 0.192 e. The molecule has 0 heterocycles. The monoisotopic (exact) mass is 455 g/mol. The number of nitrogens with zero attached hydrogens (tertiary/aromatic N) is 1. The second-order valence-electron chi connectivity index (χ2n) is 8.34. The van der Waals surface area contributed by atoms with Gasteiger partial charge in [-0.3, -0.25) is 0 Å². The highest BCUT2D eigenvalue weighted by Crippen LogP contribution is 2.41. The van der Waals surface area contributed by atoms with Crippen LogP contribution >= 0.6 is 0 Å². The zero-order chi connectivity index (χ0) is 24.1. The third-order valence-corrected chi connectivity index (χ3v) is 5.34. The Morgan fingerprint density at radius 2 is 1.59 bits per heavy atom. The molecule has 1 aromatic carbocycles. The van der Waals surface area contributed by atoms with Crippen LogP contribution in [-0.2, 0) is 0 Å². The molecule has 1 unspecified atom stereocenters. The number of allylic oxidation sites excluding steroid dienone is 11. The minimum atomic E-state index is -4.94. The number of fused-ring (bicyclic) bond motifs is 1. The van der Waals surface area contributed by atoms with Crippen molar-refractivity contribution in [1.82, 2.24) is 0 Å². The summed E-state index contributed by atoms with van der Waals surface area (Å²) in [6.45, 7) is 8.93. The summed E-state index contributed by atoms with van der Waals surface area (Å²) in [7, 11) is -0.820. The van der Waals surface area contributed by atoms with Gasteiger partial charge in [-0.2, -0.15) is 0 Å². The summed E-state index contributed by atoms with van der Waals surface area (Å²) >= 11 is 0. The van der Waals surface area contributed by atoms with Crippen molar-refractivity contribution in [2.75, 3.05) is 19.0 Å². The highest BCUT2D eigenvalue weighted by molar-refractivity contribution is 5.61. The molecule has 170 valence electrons. The topological polar surface area (TPSA) is 95.5 Å². The Balaban J connectivity index is 0.000000654. The van der Waals surface area contributed by atoms with E-state index in [1.165, 1.54) is 39.1 Å². The summed E-state index contributed by atoms with van der Waals surface area (Å²) in [6, 6.07) is 8.61. The van der Waals surface area contributed by atoms with Crippen molar-refractivity contribution in [3.05, 3.63) is 94.2 Å². The molecule has 0 bridgehead atoms. The van der Waals surface area contributed by atoms with Crippen LogP contribution in [0.1, 0.15) is 33.3 Å². The van der Waals surface area contributed by atoms with Gasteiger partial charge >= 0.3 is 0 Å². The van der Waals surface area contributed by atoms with Gasteiger partial charge in [-0.25, -0.2) is 18.6 Å². The lowest BCUT2D eigenvalue weighted by atomic mass is 9.90. The van der Waals surface area contributed by atoms with E-state index in [0.717, 1.165) is 0 Å². The number of benzene rings is 1. The number of anilines is 1. The van der Waals surface area contributed by atoms with Crippen molar-refractivity contribution >= 4 is 11.8 Å². The molecule has 0 aromatic heterocycles. The standard InChI is InChI=1S/C26H30N.ClHO4/c1-18(2)22-13-10-19(3)26-23(16-20(4)25(26)17-22)9-7-8-21-11-14-24(15-12-21)27(5)6;2-1(3,4)5/h7-15,17-18,25H,1-6H3;(H,2,3,4,5)/q+1;/p-1/b8-7+,23-9+;. The van der Waals surface area contributed by atoms with Gasteiger partial charge in [0.2, 0.25) is 0 Å². The predicted octanol–water partition coefficient (Wildman–Crippen LogP) is 1.78. The Morgan fingerprint density at radius 1 is 1.00 bits per heavy atom. The van der Waals surface area contributed by atoms with Crippen molar-refractivity contribution in [3.63, 3.8) is 0 Å². The Bertz CT molecular complexity index is 982. The summed E-state index contributed by atoms with van der Waals surface area (Å²) in [4.78, 5) is 2.12. The number of rotatable bonds is 4. The van der Waals surface area contributed by atoms with E-state index in [1.54, 1.807) is 0 Å². The summed E-state index contributed by atoms with van der Waals surface area (Å²) in [5, 5.41) is 0. The first-order valence-electron chi connectivity index (χ1n) is 10.4. The Labute approximate surface area is 193 Å². The van der Waals surface area contributed by atoms with Gasteiger partial charge in [0.15, 0.2) is 5.57 Å². The largest absolute Gasteiger partial charge is 0.378 e. The van der Waals surface area contributed by atoms with E-state index in [9.17, 15) is 0 Å². The van der Waals surface area contributed by atoms with E-state index in [0.29, 0.717) is 11.8 Å². The Kier molecular flexibility index (Phi) is 8.76. The number of hydrogen-bond donors (Lipinski definition) is 0. The van der Waals surface area contributed by atoms with Gasteiger partial charge in [0.05, 0.1) is 23.1 Å². The highest BCUT2D eigenvalue weighted by atomic mass is 35.7. The molecule has 0 saturated carbocycles. The van der Waals surface area contributed by atoms with E-state index in [1.807, 2.05) is 0 Å². The van der Waals surface area contributed by atoms with Crippen molar-refractivity contribution < 1.29 is 28.9 Å². The molecule has 0 fully saturated rings. The van der Waals surface area contributed by atoms with Crippen LogP contribution in [-0.4, -0.2) is 14.1 Å². The SMILES string of the molecule is CC1=[C+]/C(=C\C=C\c2ccc(N(C)C)cc2)C2=C(C)C=CC(C(C)C)=CC12.[O-][Cl+3]([O-])([O-])[O-]. The molecule has 1 aromatic rings. The molecule has 0 N–H and O–H groups in total. The maximum atomic E-state index is 8.49. The average Bonchev–Trinajstić information content (AvgIpc) is 2.87. The van der Waals surface area contributed by atoms with Gasteiger partial charge in [0.1, 0.15) is 0 Å². The highest BCUT2D eigenvalue weighted by Gasteiger charge is 2.35. The normalized spacial score (nSPS) is 19.3. The summed E-state index contributed by atoms with van der Waals surface area (Å²) in [6.07, 6.45) is 17.1. The first-order chi connectivity index (χ1) is 14.9. The predicted molar refractivity (Wildman–Crippen MR) is 119 cm³/mol. The van der Waals surface area contributed by atoms with Crippen LogP contribution in [0.3, 0.4) is 0 Å². The van der Waals surface area contributed by atoms with Gasteiger partial charge in [0.25, 0.3) is 0 Å². The lowest BCUT2D eigenvalue weighted by molar-refractivity contribution is -2.00. The minimum Gasteiger partial charge on any atom is -0.378 e. The van der Waals surface area contributed by atoms with Crippen LogP contribution in [0.4, 0.5) is 5.69 Å². The van der Waals surface area contributed by atoms with Crippen LogP contribution in [0.2, 0.25) is 0 Å². The Morgan fingerprint density at radius 3 is 2.12 bits per heavy atom. The van der Waals surface area contributed by atoms with Crippen molar-refractivity contribution in [1.29, 1.82) is 0 Å². The minimum absolute atomic E-state index is 0.358. The second kappa shape index (κ2) is 10.9. The number of halogens is 1. The number of hydrogen-bond acceptors (Lipinski definition) is 5. The fourth-order valence-corrected chi connectivity index (χ4v) is 3.62. The lowest BCUT2D eigenvalue weighted by Gasteiger charge is -2.17. The molecular formula is C26H30ClNO4. The van der Waals surface area contributed by atoms with E-state index >= 15 is 0 Å². The average molecular weight is 456 g/mol. The van der Waals surface area contributed by atoms with Crippen LogP contribution in [0.25, 0.3) is 6.08 Å². The maximum absolute atomic E-state index is 8.49. The van der Waals surface area contributed by atoms with Crippen LogP contribution < -0.4 is 23.5 Å². The van der Waals surface area contributed by atoms with Crippen molar-refractivity contribution in [2.24, 2.45) is 11.8 Å². The van der Waals surface area contributed by atoms with Gasteiger partial charge in [-0.05, 0) is 61.3 Å². The van der Waals surface area contributed by atoms with Crippen LogP contribution in [0.15, 0.2) is 82.5 Å². The molecule has 5 nitrogen and oxygen atoms in total. The molecule has 1 atom stereocenters. The third kappa shape index (κ3) is 7.57. The van der Waals surface area contributed by atoms with Crippen LogP contribution in [0, 0.1) is 28.2 Å². The van der Waals surface area contributed by atoms with Gasteiger partial charge in [0, 0.05) is 31.4 Å². The van der Waals surface area contributed by atoms with Gasteiger partial charge in [-0.1, -0.05) is 38.1 Å². The van der Waals surface area contributed by atoms with Crippen LogP contribution in [0.5, 0.6) is 0 Å². The molecular weight excluding hydrogens is 426 g/mol. The summed E-state index contributed by atoms with van der Waals surface area (Å²) in [5.41, 5.74) is 9.09. The molecule has 0 amide bonds. The van der Waals surface area contributed by atoms with E-state index in [-0.39, 0.29) is 0 Å². The Hall–Kier alpha value is -2.50. The second-order valence-corrected chi connectivity index (χ2v) is 9.10. The molecule has 0 aliphatic heterocycles. The first kappa shape index (κ1) is 25.8. The fourth-order valence-electron chi connectivity index (χ4n) is 3.62. The van der Waals surface area contributed by atoms with Crippen molar-refractivity contribution in [3.8, 4) is 0 Å². The molecule has 2 aliphatic rings. The quantitative estimate of drug-likeness (QED) is 0.645. The first-order valence-corrected chi connectivity index (χ1v) is 11.6. The third-order valence-electron chi connectivity index (χ3n) is 5.34. The molecule has 0 saturated heterocycles. The maximum Gasteiger partial charge on any atom is 0.192 e. The van der Waals surface area contributed by atoms with E-state index < -0.39 is 10.2 Å². The van der Waals surface area contributed by atoms with E-state index in [4.69, 9.17) is 18.6 Å². The molecule has 32 heavy (non-hydrogen) atoms. The summed E-state index contributed by atoms with van der Waals surface area (Å²) in [5.74, 6) is 0.899. The molecule has 0 spiro atoms. The molecule has 2 aliphatic carbocycles. The lowest BCUT2D eigenvalue weighted by Crippen LogP contribution is -2.68. The van der Waals surface area contributed by atoms with Gasteiger partial charge in [-0.15, -0.1) is 10.2 Å².